The molecule has 2 unspecified atom stereocenters. The van der Waals surface area contributed by atoms with Gasteiger partial charge in [-0.15, -0.1) is 0 Å². The zero-order valence-electron chi connectivity index (χ0n) is 13.2. The fraction of sp³-hybridized carbons (Fsp3) is 0.588. The predicted molar refractivity (Wildman–Crippen MR) is 83.4 cm³/mol. The summed E-state index contributed by atoms with van der Waals surface area (Å²) in [5.74, 6) is -0.139. The van der Waals surface area contributed by atoms with E-state index in [0.29, 0.717) is 32.7 Å². The van der Waals surface area contributed by atoms with Crippen LogP contribution >= 0.6 is 0 Å². The van der Waals surface area contributed by atoms with Crippen LogP contribution in [-0.4, -0.2) is 66.2 Å². The molecule has 126 valence electrons. The maximum atomic E-state index is 13.3. The molecule has 0 aliphatic carbocycles. The molecule has 1 amide bonds. The van der Waals surface area contributed by atoms with Gasteiger partial charge in [0.1, 0.15) is 5.82 Å². The molecule has 5 nitrogen and oxygen atoms in total. The predicted octanol–water partition coefficient (Wildman–Crippen LogP) is 1.18. The van der Waals surface area contributed by atoms with E-state index in [2.05, 4.69) is 4.90 Å². The van der Waals surface area contributed by atoms with E-state index in [1.54, 1.807) is 11.0 Å². The van der Waals surface area contributed by atoms with Crippen LogP contribution < -0.4 is 0 Å². The molecule has 0 saturated carbocycles. The van der Waals surface area contributed by atoms with Crippen LogP contribution in [0.3, 0.4) is 0 Å². The highest BCUT2D eigenvalue weighted by Gasteiger charge is 2.26. The first-order valence-corrected chi connectivity index (χ1v) is 8.17. The van der Waals surface area contributed by atoms with E-state index in [9.17, 15) is 14.3 Å². The van der Waals surface area contributed by atoms with Crippen molar-refractivity contribution >= 4 is 5.91 Å². The molecule has 2 aliphatic rings. The second kappa shape index (κ2) is 7.38. The average molecular weight is 322 g/mol. The van der Waals surface area contributed by atoms with Gasteiger partial charge in [-0.3, -0.25) is 9.69 Å². The largest absolute Gasteiger partial charge is 0.390 e. The van der Waals surface area contributed by atoms with Crippen molar-refractivity contribution in [3.05, 3.63) is 35.6 Å². The Morgan fingerprint density at radius 3 is 2.96 bits per heavy atom. The van der Waals surface area contributed by atoms with Crippen molar-refractivity contribution in [1.29, 1.82) is 0 Å². The lowest BCUT2D eigenvalue weighted by molar-refractivity contribution is -0.129. The van der Waals surface area contributed by atoms with Crippen molar-refractivity contribution in [2.75, 3.05) is 39.3 Å². The number of likely N-dealkylation sites (tertiary alicyclic amines) is 1. The SMILES string of the molecule is O=C1CCCN1CC(O)CN1CCOC(c2cccc(F)c2)C1. The summed E-state index contributed by atoms with van der Waals surface area (Å²) in [7, 11) is 0. The van der Waals surface area contributed by atoms with Gasteiger partial charge in [0.15, 0.2) is 0 Å². The zero-order valence-corrected chi connectivity index (χ0v) is 13.2. The van der Waals surface area contributed by atoms with Gasteiger partial charge in [-0.1, -0.05) is 12.1 Å². The van der Waals surface area contributed by atoms with Crippen molar-refractivity contribution < 1.29 is 19.0 Å². The number of benzene rings is 1. The van der Waals surface area contributed by atoms with Crippen molar-refractivity contribution in [2.45, 2.75) is 25.0 Å². The van der Waals surface area contributed by atoms with Gasteiger partial charge in [0.2, 0.25) is 5.91 Å². The molecule has 2 aliphatic heterocycles. The fourth-order valence-electron chi connectivity index (χ4n) is 3.28. The van der Waals surface area contributed by atoms with Crippen molar-refractivity contribution in [3.8, 4) is 0 Å². The molecule has 2 fully saturated rings. The highest BCUT2D eigenvalue weighted by atomic mass is 19.1. The summed E-state index contributed by atoms with van der Waals surface area (Å²) in [6.45, 7) is 3.53. The van der Waals surface area contributed by atoms with E-state index in [1.165, 1.54) is 12.1 Å². The van der Waals surface area contributed by atoms with Crippen LogP contribution in [-0.2, 0) is 9.53 Å². The average Bonchev–Trinajstić information content (AvgIpc) is 2.92. The Morgan fingerprint density at radius 2 is 2.22 bits per heavy atom. The zero-order chi connectivity index (χ0) is 16.2. The topological polar surface area (TPSA) is 53.0 Å². The quantitative estimate of drug-likeness (QED) is 0.884. The molecule has 6 heteroatoms. The summed E-state index contributed by atoms with van der Waals surface area (Å²) in [6.07, 6.45) is 0.722. The number of rotatable bonds is 5. The van der Waals surface area contributed by atoms with Crippen LogP contribution in [0.25, 0.3) is 0 Å². The van der Waals surface area contributed by atoms with E-state index in [4.69, 9.17) is 4.74 Å². The molecule has 0 aromatic heterocycles. The minimum Gasteiger partial charge on any atom is -0.390 e. The Labute approximate surface area is 135 Å². The molecule has 0 spiro atoms. The van der Waals surface area contributed by atoms with E-state index >= 15 is 0 Å². The van der Waals surface area contributed by atoms with Crippen LogP contribution in [0.15, 0.2) is 24.3 Å². The smallest absolute Gasteiger partial charge is 0.222 e. The van der Waals surface area contributed by atoms with Crippen LogP contribution in [0.2, 0.25) is 0 Å². The molecule has 3 rings (SSSR count). The lowest BCUT2D eigenvalue weighted by Crippen LogP contribution is -2.45. The van der Waals surface area contributed by atoms with Gasteiger partial charge in [0.25, 0.3) is 0 Å². The first kappa shape index (κ1) is 16.4. The van der Waals surface area contributed by atoms with Gasteiger partial charge in [-0.2, -0.15) is 0 Å². The van der Waals surface area contributed by atoms with Gasteiger partial charge in [-0.05, 0) is 24.1 Å². The second-order valence-corrected chi connectivity index (χ2v) is 6.27. The highest BCUT2D eigenvalue weighted by Crippen LogP contribution is 2.23. The number of hydrogen-bond donors (Lipinski definition) is 1. The number of carbonyl (C=O) groups excluding carboxylic acids is 1. The van der Waals surface area contributed by atoms with Gasteiger partial charge in [-0.25, -0.2) is 4.39 Å². The summed E-state index contributed by atoms with van der Waals surface area (Å²) in [4.78, 5) is 15.5. The number of carbonyl (C=O) groups is 1. The lowest BCUT2D eigenvalue weighted by atomic mass is 10.1. The minimum absolute atomic E-state index is 0.128. The maximum absolute atomic E-state index is 13.3. The minimum atomic E-state index is -0.566. The van der Waals surface area contributed by atoms with Crippen molar-refractivity contribution in [1.82, 2.24) is 9.80 Å². The molecule has 1 aromatic carbocycles. The summed E-state index contributed by atoms with van der Waals surface area (Å²) >= 11 is 0. The number of amides is 1. The number of ether oxygens (including phenoxy) is 1. The number of hydrogen-bond acceptors (Lipinski definition) is 4. The number of morpholine rings is 1. The van der Waals surface area contributed by atoms with Crippen LogP contribution in [0.5, 0.6) is 0 Å². The number of aliphatic hydroxyl groups is 1. The number of aliphatic hydroxyl groups excluding tert-OH is 1. The maximum Gasteiger partial charge on any atom is 0.222 e. The van der Waals surface area contributed by atoms with Crippen LogP contribution in [0, 0.1) is 5.82 Å². The first-order chi connectivity index (χ1) is 11.1. The standard InChI is InChI=1S/C17H23FN2O3/c18-14-4-1-3-13(9-14)16-12-19(7-8-23-16)10-15(21)11-20-6-2-5-17(20)22/h1,3-4,9,15-16,21H,2,5-8,10-12H2. The molecule has 1 N–H and O–H groups in total. The number of halogens is 1. The third kappa shape index (κ3) is 4.28. The third-order valence-corrected chi connectivity index (χ3v) is 4.44. The van der Waals surface area contributed by atoms with E-state index in [1.807, 2.05) is 6.07 Å². The number of nitrogens with zero attached hydrogens (tertiary/aromatic N) is 2. The summed E-state index contributed by atoms with van der Waals surface area (Å²) in [5, 5.41) is 10.2. The highest BCUT2D eigenvalue weighted by molar-refractivity contribution is 5.78. The number of β-amino-alcohol motifs (C(OH)–C–C–N with tert-alkyl or cyclic N) is 1. The second-order valence-electron chi connectivity index (χ2n) is 6.27. The van der Waals surface area contributed by atoms with Crippen molar-refractivity contribution in [3.63, 3.8) is 0 Å². The van der Waals surface area contributed by atoms with Gasteiger partial charge in [0.05, 0.1) is 18.8 Å². The Hall–Kier alpha value is -1.50. The molecule has 2 heterocycles. The van der Waals surface area contributed by atoms with Gasteiger partial charge >= 0.3 is 0 Å². The van der Waals surface area contributed by atoms with E-state index in [-0.39, 0.29) is 17.8 Å². The summed E-state index contributed by atoms with van der Waals surface area (Å²) < 4.78 is 19.1. The molecule has 2 atom stereocenters. The Bertz CT molecular complexity index is 554. The summed E-state index contributed by atoms with van der Waals surface area (Å²) in [5.41, 5.74) is 0.818. The lowest BCUT2D eigenvalue weighted by Gasteiger charge is -2.34. The molecular formula is C17H23FN2O3. The molecule has 0 radical (unpaired) electrons. The molecule has 0 bridgehead atoms. The normalized spacial score (nSPS) is 24.2. The molecular weight excluding hydrogens is 299 g/mol. The Morgan fingerprint density at radius 1 is 1.35 bits per heavy atom. The molecule has 1 aromatic rings. The summed E-state index contributed by atoms with van der Waals surface area (Å²) in [6, 6.07) is 6.45. The van der Waals surface area contributed by atoms with E-state index in [0.717, 1.165) is 25.1 Å². The van der Waals surface area contributed by atoms with Gasteiger partial charge < -0.3 is 14.7 Å². The monoisotopic (exact) mass is 322 g/mol. The third-order valence-electron chi connectivity index (χ3n) is 4.44. The van der Waals surface area contributed by atoms with Crippen LogP contribution in [0.1, 0.15) is 24.5 Å². The molecule has 2 saturated heterocycles. The Balaban J connectivity index is 1.53. The fourth-order valence-corrected chi connectivity index (χ4v) is 3.28. The van der Waals surface area contributed by atoms with E-state index < -0.39 is 6.10 Å². The van der Waals surface area contributed by atoms with Gasteiger partial charge in [0, 0.05) is 39.1 Å². The first-order valence-electron chi connectivity index (χ1n) is 8.17. The molecule has 23 heavy (non-hydrogen) atoms. The Kier molecular flexibility index (Phi) is 5.25. The van der Waals surface area contributed by atoms with Crippen molar-refractivity contribution in [2.24, 2.45) is 0 Å². The van der Waals surface area contributed by atoms with Crippen LogP contribution in [0.4, 0.5) is 4.39 Å².